The molecule has 2 aromatic rings. The minimum Gasteiger partial charge on any atom is -0.416 e. The van der Waals surface area contributed by atoms with Gasteiger partial charge in [0.15, 0.2) is 0 Å². The fourth-order valence-corrected chi connectivity index (χ4v) is 1.50. The summed E-state index contributed by atoms with van der Waals surface area (Å²) in [7, 11) is 0. The van der Waals surface area contributed by atoms with Crippen molar-refractivity contribution in [3.05, 3.63) is 58.9 Å². The van der Waals surface area contributed by atoms with Gasteiger partial charge >= 0.3 is 5.97 Å². The number of hydrogen-bond donors (Lipinski definition) is 1. The van der Waals surface area contributed by atoms with Gasteiger partial charge in [-0.3, -0.25) is 0 Å². The SMILES string of the molecule is Nc1ccccc1C(=O)Oc1c(F)c(F)c(F)c(F)c1F. The number of para-hydroxylation sites is 1. The zero-order valence-corrected chi connectivity index (χ0v) is 10.1. The summed E-state index contributed by atoms with van der Waals surface area (Å²) in [4.78, 5) is 11.7. The van der Waals surface area contributed by atoms with Gasteiger partial charge in [-0.2, -0.15) is 8.78 Å². The molecule has 0 aliphatic carbocycles. The van der Waals surface area contributed by atoms with Crippen LogP contribution in [0.4, 0.5) is 27.6 Å². The van der Waals surface area contributed by atoms with Gasteiger partial charge in [-0.25, -0.2) is 18.0 Å². The molecule has 110 valence electrons. The first-order chi connectivity index (χ1) is 9.84. The topological polar surface area (TPSA) is 52.3 Å². The summed E-state index contributed by atoms with van der Waals surface area (Å²) in [6, 6.07) is 5.33. The molecule has 0 bridgehead atoms. The van der Waals surface area contributed by atoms with E-state index in [1.807, 2.05) is 0 Å². The van der Waals surface area contributed by atoms with E-state index in [1.165, 1.54) is 24.3 Å². The number of nitrogens with two attached hydrogens (primary N) is 1. The molecule has 0 radical (unpaired) electrons. The summed E-state index contributed by atoms with van der Waals surface area (Å²) in [6.45, 7) is 0. The molecule has 21 heavy (non-hydrogen) atoms. The predicted octanol–water partition coefficient (Wildman–Crippen LogP) is 3.18. The standard InChI is InChI=1S/C13H6F5NO2/c14-7-8(15)10(17)12(11(18)9(7)16)21-13(20)5-3-1-2-4-6(5)19/h1-4H,19H2. The fraction of sp³-hybridized carbons (Fsp3) is 0. The third-order valence-corrected chi connectivity index (χ3v) is 2.54. The smallest absolute Gasteiger partial charge is 0.345 e. The number of ether oxygens (including phenoxy) is 1. The number of nitrogen functional groups attached to an aromatic ring is 1. The van der Waals surface area contributed by atoms with Gasteiger partial charge in [-0.15, -0.1) is 0 Å². The van der Waals surface area contributed by atoms with Crippen LogP contribution in [-0.4, -0.2) is 5.97 Å². The van der Waals surface area contributed by atoms with Crippen molar-refractivity contribution in [2.45, 2.75) is 0 Å². The highest BCUT2D eigenvalue weighted by Gasteiger charge is 2.29. The van der Waals surface area contributed by atoms with Crippen molar-refractivity contribution in [3.63, 3.8) is 0 Å². The summed E-state index contributed by atoms with van der Waals surface area (Å²) in [5.74, 6) is -14.3. The number of carbonyl (C=O) groups excluding carboxylic acids is 1. The number of benzene rings is 2. The fourth-order valence-electron chi connectivity index (χ4n) is 1.50. The van der Waals surface area contributed by atoms with Crippen molar-refractivity contribution in [2.75, 3.05) is 5.73 Å². The monoisotopic (exact) mass is 303 g/mol. The molecule has 0 aliphatic heterocycles. The van der Waals surface area contributed by atoms with E-state index in [-0.39, 0.29) is 11.3 Å². The number of esters is 1. The summed E-state index contributed by atoms with van der Waals surface area (Å²) in [5.41, 5.74) is 5.08. The van der Waals surface area contributed by atoms with Gasteiger partial charge in [0.2, 0.25) is 34.8 Å². The van der Waals surface area contributed by atoms with E-state index in [9.17, 15) is 26.7 Å². The highest BCUT2D eigenvalue weighted by molar-refractivity contribution is 5.96. The molecule has 0 saturated heterocycles. The highest BCUT2D eigenvalue weighted by atomic mass is 19.2. The van der Waals surface area contributed by atoms with E-state index in [1.54, 1.807) is 0 Å². The molecule has 0 saturated carbocycles. The first-order valence-corrected chi connectivity index (χ1v) is 5.42. The second kappa shape index (κ2) is 5.39. The summed E-state index contributed by atoms with van der Waals surface area (Å²) in [6.07, 6.45) is 0. The second-order valence-electron chi connectivity index (χ2n) is 3.88. The zero-order chi connectivity index (χ0) is 15.7. The van der Waals surface area contributed by atoms with Gasteiger partial charge in [0.1, 0.15) is 0 Å². The largest absolute Gasteiger partial charge is 0.416 e. The lowest BCUT2D eigenvalue weighted by Crippen LogP contribution is -2.15. The van der Waals surface area contributed by atoms with Crippen LogP contribution in [0.2, 0.25) is 0 Å². The lowest BCUT2D eigenvalue weighted by atomic mass is 10.2. The minimum absolute atomic E-state index is 0.0774. The number of rotatable bonds is 2. The Kier molecular flexibility index (Phi) is 3.79. The predicted molar refractivity (Wildman–Crippen MR) is 62.0 cm³/mol. The first-order valence-electron chi connectivity index (χ1n) is 5.42. The summed E-state index contributed by atoms with van der Waals surface area (Å²) < 4.78 is 69.7. The van der Waals surface area contributed by atoms with E-state index in [0.29, 0.717) is 0 Å². The molecular formula is C13H6F5NO2. The number of halogens is 5. The maximum atomic E-state index is 13.3. The molecule has 2 rings (SSSR count). The zero-order valence-electron chi connectivity index (χ0n) is 10.1. The number of hydrogen-bond acceptors (Lipinski definition) is 3. The van der Waals surface area contributed by atoms with Crippen LogP contribution in [-0.2, 0) is 0 Å². The Morgan fingerprint density at radius 2 is 1.33 bits per heavy atom. The lowest BCUT2D eigenvalue weighted by molar-refractivity contribution is 0.0717. The van der Waals surface area contributed by atoms with Crippen molar-refractivity contribution < 1.29 is 31.5 Å². The molecule has 0 fully saturated rings. The van der Waals surface area contributed by atoms with Crippen LogP contribution in [0.1, 0.15) is 10.4 Å². The molecule has 0 unspecified atom stereocenters. The van der Waals surface area contributed by atoms with Crippen molar-refractivity contribution in [1.82, 2.24) is 0 Å². The molecule has 2 N–H and O–H groups in total. The van der Waals surface area contributed by atoms with Crippen LogP contribution in [0.5, 0.6) is 5.75 Å². The first kappa shape index (κ1) is 14.8. The van der Waals surface area contributed by atoms with Crippen molar-refractivity contribution in [1.29, 1.82) is 0 Å². The Morgan fingerprint density at radius 1 is 0.857 bits per heavy atom. The molecule has 0 aromatic heterocycles. The maximum Gasteiger partial charge on any atom is 0.345 e. The molecule has 2 aromatic carbocycles. The second-order valence-corrected chi connectivity index (χ2v) is 3.88. The van der Waals surface area contributed by atoms with Gasteiger partial charge in [-0.1, -0.05) is 12.1 Å². The van der Waals surface area contributed by atoms with Crippen LogP contribution in [0.3, 0.4) is 0 Å². The third-order valence-electron chi connectivity index (χ3n) is 2.54. The third kappa shape index (κ3) is 2.51. The van der Waals surface area contributed by atoms with E-state index in [4.69, 9.17) is 5.73 Å². The van der Waals surface area contributed by atoms with Crippen molar-refractivity contribution in [2.24, 2.45) is 0 Å². The average Bonchev–Trinajstić information content (AvgIpc) is 2.48. The van der Waals surface area contributed by atoms with Gasteiger partial charge in [0, 0.05) is 5.69 Å². The van der Waals surface area contributed by atoms with Gasteiger partial charge in [0.25, 0.3) is 0 Å². The van der Waals surface area contributed by atoms with E-state index in [2.05, 4.69) is 4.74 Å². The van der Waals surface area contributed by atoms with Crippen LogP contribution >= 0.6 is 0 Å². The Labute approximate surface area is 114 Å². The molecular weight excluding hydrogens is 297 g/mol. The highest BCUT2D eigenvalue weighted by Crippen LogP contribution is 2.30. The van der Waals surface area contributed by atoms with E-state index < -0.39 is 40.8 Å². The Balaban J connectivity index is 2.46. The molecule has 0 spiro atoms. The summed E-state index contributed by atoms with van der Waals surface area (Å²) in [5, 5.41) is 0. The van der Waals surface area contributed by atoms with Crippen LogP contribution in [0, 0.1) is 29.1 Å². The average molecular weight is 303 g/mol. The van der Waals surface area contributed by atoms with Gasteiger partial charge < -0.3 is 10.5 Å². The quantitative estimate of drug-likeness (QED) is 0.231. The Bertz CT molecular complexity index is 704. The minimum atomic E-state index is -2.34. The van der Waals surface area contributed by atoms with Gasteiger partial charge in [-0.05, 0) is 12.1 Å². The molecule has 0 atom stereocenters. The Hall–Kier alpha value is -2.64. The normalized spacial score (nSPS) is 10.5. The molecule has 0 amide bonds. The number of carbonyl (C=O) groups is 1. The van der Waals surface area contributed by atoms with E-state index in [0.717, 1.165) is 0 Å². The molecule has 8 heteroatoms. The molecule has 0 heterocycles. The van der Waals surface area contributed by atoms with Gasteiger partial charge in [0.05, 0.1) is 5.56 Å². The van der Waals surface area contributed by atoms with Crippen LogP contribution in [0.25, 0.3) is 0 Å². The van der Waals surface area contributed by atoms with Crippen molar-refractivity contribution in [3.8, 4) is 5.75 Å². The maximum absolute atomic E-state index is 13.3. The van der Waals surface area contributed by atoms with Crippen LogP contribution < -0.4 is 10.5 Å². The molecule has 0 aliphatic rings. The van der Waals surface area contributed by atoms with E-state index >= 15 is 0 Å². The lowest BCUT2D eigenvalue weighted by Gasteiger charge is -2.09. The number of anilines is 1. The van der Waals surface area contributed by atoms with Crippen LogP contribution in [0.15, 0.2) is 24.3 Å². The Morgan fingerprint density at radius 3 is 1.86 bits per heavy atom. The molecule has 3 nitrogen and oxygen atoms in total. The summed E-state index contributed by atoms with van der Waals surface area (Å²) >= 11 is 0. The van der Waals surface area contributed by atoms with Crippen molar-refractivity contribution >= 4 is 11.7 Å².